The molecule has 3 N–H and O–H groups in total. The molecule has 0 bridgehead atoms. The van der Waals surface area contributed by atoms with Gasteiger partial charge >= 0.3 is 0 Å². The van der Waals surface area contributed by atoms with Crippen molar-refractivity contribution in [3.05, 3.63) is 35.5 Å². The third-order valence-corrected chi connectivity index (χ3v) is 3.13. The van der Waals surface area contributed by atoms with Gasteiger partial charge in [0.05, 0.1) is 6.54 Å². The molecule has 0 spiro atoms. The minimum Gasteiger partial charge on any atom is -0.464 e. The van der Waals surface area contributed by atoms with Crippen molar-refractivity contribution in [2.45, 2.75) is 33.2 Å². The highest BCUT2D eigenvalue weighted by molar-refractivity contribution is 5.59. The van der Waals surface area contributed by atoms with E-state index in [1.165, 1.54) is 6.33 Å². The summed E-state index contributed by atoms with van der Waals surface area (Å²) < 4.78 is 5.61. The Morgan fingerprint density at radius 2 is 2.10 bits per heavy atom. The van der Waals surface area contributed by atoms with E-state index >= 15 is 0 Å². The number of nitrogen functional groups attached to an aromatic ring is 1. The number of aromatic nitrogens is 2. The zero-order chi connectivity index (χ0) is 14.7. The predicted octanol–water partition coefficient (Wildman–Crippen LogP) is 2.42. The van der Waals surface area contributed by atoms with Crippen LogP contribution in [0.1, 0.15) is 36.8 Å². The Balaban J connectivity index is 2.31. The van der Waals surface area contributed by atoms with Crippen molar-refractivity contribution in [2.75, 3.05) is 17.4 Å². The maximum atomic E-state index is 5.61. The predicted molar refractivity (Wildman–Crippen MR) is 79.5 cm³/mol. The molecule has 0 aromatic carbocycles. The number of nitrogens with zero attached hydrogens (tertiary/aromatic N) is 3. The van der Waals surface area contributed by atoms with Crippen LogP contribution in [-0.4, -0.2) is 17.0 Å². The fourth-order valence-electron chi connectivity index (χ4n) is 2.22. The molecular weight excluding hydrogens is 254 g/mol. The Hall–Kier alpha value is -2.08. The quantitative estimate of drug-likeness (QED) is 0.644. The highest BCUT2D eigenvalue weighted by Crippen LogP contribution is 2.30. The van der Waals surface area contributed by atoms with Gasteiger partial charge in [-0.15, -0.1) is 0 Å². The highest BCUT2D eigenvalue weighted by Gasteiger charge is 2.18. The van der Waals surface area contributed by atoms with Crippen LogP contribution < -0.4 is 16.2 Å². The first-order valence-corrected chi connectivity index (χ1v) is 6.61. The van der Waals surface area contributed by atoms with Crippen molar-refractivity contribution in [1.82, 2.24) is 9.97 Å². The summed E-state index contributed by atoms with van der Waals surface area (Å²) in [5.74, 6) is 9.13. The summed E-state index contributed by atoms with van der Waals surface area (Å²) in [7, 11) is 1.98. The third kappa shape index (κ3) is 2.91. The number of hydrogen-bond donors (Lipinski definition) is 2. The molecule has 2 heterocycles. The van der Waals surface area contributed by atoms with Crippen LogP contribution in [0.4, 0.5) is 11.6 Å². The van der Waals surface area contributed by atoms with Crippen LogP contribution in [0.25, 0.3) is 0 Å². The Bertz CT molecular complexity index is 579. The van der Waals surface area contributed by atoms with Gasteiger partial charge in [0.25, 0.3) is 0 Å². The van der Waals surface area contributed by atoms with Gasteiger partial charge in [-0.1, -0.05) is 13.8 Å². The van der Waals surface area contributed by atoms with Crippen molar-refractivity contribution in [3.63, 3.8) is 0 Å². The van der Waals surface area contributed by atoms with Crippen molar-refractivity contribution in [1.29, 1.82) is 0 Å². The molecule has 0 saturated carbocycles. The van der Waals surface area contributed by atoms with Crippen LogP contribution >= 0.6 is 0 Å². The van der Waals surface area contributed by atoms with Gasteiger partial charge in [-0.25, -0.2) is 15.8 Å². The lowest BCUT2D eigenvalue weighted by Crippen LogP contribution is -2.22. The second kappa shape index (κ2) is 5.92. The van der Waals surface area contributed by atoms with Crippen LogP contribution in [0.5, 0.6) is 0 Å². The number of hydrogen-bond acceptors (Lipinski definition) is 6. The normalized spacial score (nSPS) is 10.9. The van der Waals surface area contributed by atoms with Crippen LogP contribution in [0.15, 0.2) is 22.9 Å². The molecule has 6 nitrogen and oxygen atoms in total. The van der Waals surface area contributed by atoms with E-state index in [4.69, 9.17) is 10.3 Å². The number of hydrazine groups is 1. The molecule has 2 aromatic rings. The first kappa shape index (κ1) is 14.3. The molecule has 0 aliphatic carbocycles. The molecule has 0 amide bonds. The fraction of sp³-hybridized carbons (Fsp3) is 0.429. The number of rotatable bonds is 5. The van der Waals surface area contributed by atoms with Crippen molar-refractivity contribution < 1.29 is 4.42 Å². The first-order valence-electron chi connectivity index (χ1n) is 6.61. The average molecular weight is 275 g/mol. The molecule has 2 rings (SSSR count). The Kier molecular flexibility index (Phi) is 4.24. The molecule has 108 valence electrons. The van der Waals surface area contributed by atoms with E-state index in [2.05, 4.69) is 29.2 Å². The van der Waals surface area contributed by atoms with Gasteiger partial charge < -0.3 is 14.7 Å². The number of anilines is 2. The van der Waals surface area contributed by atoms with Gasteiger partial charge in [0.15, 0.2) is 0 Å². The molecule has 6 heteroatoms. The molecule has 0 aliphatic heterocycles. The van der Waals surface area contributed by atoms with E-state index in [-0.39, 0.29) is 5.92 Å². The third-order valence-electron chi connectivity index (χ3n) is 3.13. The molecule has 0 aliphatic rings. The fourth-order valence-corrected chi connectivity index (χ4v) is 2.22. The molecule has 2 aromatic heterocycles. The zero-order valence-corrected chi connectivity index (χ0v) is 12.3. The number of nitrogens with one attached hydrogen (secondary N) is 1. The lowest BCUT2D eigenvalue weighted by Gasteiger charge is -2.23. The van der Waals surface area contributed by atoms with Gasteiger partial charge in [0.1, 0.15) is 29.5 Å². The zero-order valence-electron chi connectivity index (χ0n) is 12.3. The minimum absolute atomic E-state index is 0.262. The Morgan fingerprint density at radius 1 is 1.35 bits per heavy atom. The summed E-state index contributed by atoms with van der Waals surface area (Å²) in [5, 5.41) is 0. The van der Waals surface area contributed by atoms with Crippen molar-refractivity contribution >= 4 is 11.6 Å². The SMILES string of the molecule is Cc1ccc(CN(C)c2ncnc(NN)c2C(C)C)o1. The number of furan rings is 1. The van der Waals surface area contributed by atoms with Crippen molar-refractivity contribution in [2.24, 2.45) is 5.84 Å². The summed E-state index contributed by atoms with van der Waals surface area (Å²) in [6, 6.07) is 3.93. The smallest absolute Gasteiger partial charge is 0.148 e. The maximum absolute atomic E-state index is 5.61. The molecule has 20 heavy (non-hydrogen) atoms. The van der Waals surface area contributed by atoms with Crippen LogP contribution in [-0.2, 0) is 6.54 Å². The summed E-state index contributed by atoms with van der Waals surface area (Å²) in [6.45, 7) is 6.76. The number of nitrogens with two attached hydrogens (primary N) is 1. The van der Waals surface area contributed by atoms with Gasteiger partial charge in [-0.3, -0.25) is 0 Å². The minimum atomic E-state index is 0.262. The lowest BCUT2D eigenvalue weighted by atomic mass is 10.0. The van der Waals surface area contributed by atoms with Crippen LogP contribution in [0, 0.1) is 6.92 Å². The molecule has 0 fully saturated rings. The largest absolute Gasteiger partial charge is 0.464 e. The molecule has 0 unspecified atom stereocenters. The van der Waals surface area contributed by atoms with Gasteiger partial charge in [-0.05, 0) is 25.0 Å². The molecule has 0 saturated heterocycles. The van der Waals surface area contributed by atoms with Gasteiger partial charge in [-0.2, -0.15) is 0 Å². The van der Waals surface area contributed by atoms with Crippen LogP contribution in [0.2, 0.25) is 0 Å². The molecule has 0 atom stereocenters. The summed E-state index contributed by atoms with van der Waals surface area (Å²) in [6.07, 6.45) is 1.51. The van der Waals surface area contributed by atoms with E-state index in [0.29, 0.717) is 12.4 Å². The van der Waals surface area contributed by atoms with E-state index in [9.17, 15) is 0 Å². The second-order valence-corrected chi connectivity index (χ2v) is 5.13. The molecule has 0 radical (unpaired) electrons. The first-order chi connectivity index (χ1) is 9.52. The second-order valence-electron chi connectivity index (χ2n) is 5.13. The maximum Gasteiger partial charge on any atom is 0.148 e. The summed E-state index contributed by atoms with van der Waals surface area (Å²) >= 11 is 0. The molecular formula is C14H21N5O. The summed E-state index contributed by atoms with van der Waals surface area (Å²) in [5.41, 5.74) is 3.64. The monoisotopic (exact) mass is 275 g/mol. The summed E-state index contributed by atoms with van der Waals surface area (Å²) in [4.78, 5) is 10.6. The average Bonchev–Trinajstić information content (AvgIpc) is 2.82. The van der Waals surface area contributed by atoms with Crippen LogP contribution in [0.3, 0.4) is 0 Å². The Labute approximate surface area is 119 Å². The van der Waals surface area contributed by atoms with E-state index in [1.807, 2.05) is 31.0 Å². The van der Waals surface area contributed by atoms with E-state index in [0.717, 1.165) is 22.9 Å². The van der Waals surface area contributed by atoms with Gasteiger partial charge in [0.2, 0.25) is 0 Å². The van der Waals surface area contributed by atoms with Crippen molar-refractivity contribution in [3.8, 4) is 0 Å². The Morgan fingerprint density at radius 3 is 2.65 bits per heavy atom. The van der Waals surface area contributed by atoms with Gasteiger partial charge in [0, 0.05) is 12.6 Å². The standard InChI is InChI=1S/C14H21N5O/c1-9(2)12-13(18-15)16-8-17-14(12)19(4)7-11-6-5-10(3)20-11/h5-6,8-9H,7,15H2,1-4H3,(H,16,17,18). The van der Waals surface area contributed by atoms with E-state index < -0.39 is 0 Å². The topological polar surface area (TPSA) is 80.2 Å². The number of aryl methyl sites for hydroxylation is 1. The lowest BCUT2D eigenvalue weighted by molar-refractivity contribution is 0.481. The highest BCUT2D eigenvalue weighted by atomic mass is 16.3. The van der Waals surface area contributed by atoms with E-state index in [1.54, 1.807) is 0 Å².